The van der Waals surface area contributed by atoms with Gasteiger partial charge in [0.05, 0.1) is 19.3 Å². The van der Waals surface area contributed by atoms with Gasteiger partial charge >= 0.3 is 0 Å². The molecule has 5 heteroatoms. The van der Waals surface area contributed by atoms with E-state index >= 15 is 0 Å². The van der Waals surface area contributed by atoms with Crippen molar-refractivity contribution >= 4 is 5.91 Å². The molecule has 1 aliphatic rings. The maximum absolute atomic E-state index is 12.8. The molecule has 2 rings (SSSR count). The van der Waals surface area contributed by atoms with Crippen molar-refractivity contribution in [2.24, 2.45) is 0 Å². The van der Waals surface area contributed by atoms with Gasteiger partial charge in [0.25, 0.3) is 5.91 Å². The first-order valence-corrected chi connectivity index (χ1v) is 4.50. The van der Waals surface area contributed by atoms with Gasteiger partial charge in [-0.2, -0.15) is 0 Å². The van der Waals surface area contributed by atoms with Crippen LogP contribution in [0.4, 0.5) is 8.78 Å². The molecule has 1 fully saturated rings. The number of nitrogens with one attached hydrogen (secondary N) is 1. The summed E-state index contributed by atoms with van der Waals surface area (Å²) in [4.78, 5) is 11.5. The van der Waals surface area contributed by atoms with Crippen LogP contribution in [0.25, 0.3) is 0 Å². The molecule has 80 valence electrons. The predicted molar refractivity (Wildman–Crippen MR) is 48.4 cm³/mol. The van der Waals surface area contributed by atoms with Crippen LogP contribution in [0.1, 0.15) is 10.4 Å². The highest BCUT2D eigenvalue weighted by Crippen LogP contribution is 2.09. The first kappa shape index (κ1) is 10.0. The zero-order valence-electron chi connectivity index (χ0n) is 7.80. The van der Waals surface area contributed by atoms with Gasteiger partial charge in [0.2, 0.25) is 0 Å². The molecule has 1 aromatic rings. The topological polar surface area (TPSA) is 38.3 Å². The number of hydrogen-bond acceptors (Lipinski definition) is 2. The molecule has 0 radical (unpaired) electrons. The first-order chi connectivity index (χ1) is 7.16. The SMILES string of the molecule is O=C(NC1COC1)c1ccc(F)c(F)c1. The maximum atomic E-state index is 12.8. The van der Waals surface area contributed by atoms with E-state index < -0.39 is 17.5 Å². The largest absolute Gasteiger partial charge is 0.377 e. The van der Waals surface area contributed by atoms with E-state index in [0.717, 1.165) is 12.1 Å². The number of ether oxygens (including phenoxy) is 1. The number of carbonyl (C=O) groups excluding carboxylic acids is 1. The monoisotopic (exact) mass is 213 g/mol. The van der Waals surface area contributed by atoms with Gasteiger partial charge in [-0.25, -0.2) is 8.78 Å². The highest BCUT2D eigenvalue weighted by atomic mass is 19.2. The van der Waals surface area contributed by atoms with Crippen LogP contribution in [0.15, 0.2) is 18.2 Å². The third-order valence-electron chi connectivity index (χ3n) is 2.16. The van der Waals surface area contributed by atoms with E-state index in [0.29, 0.717) is 13.2 Å². The fourth-order valence-corrected chi connectivity index (χ4v) is 1.23. The minimum atomic E-state index is -1.02. The Hall–Kier alpha value is -1.49. The molecule has 1 aromatic carbocycles. The Morgan fingerprint density at radius 1 is 1.33 bits per heavy atom. The minimum Gasteiger partial charge on any atom is -0.377 e. The van der Waals surface area contributed by atoms with Gasteiger partial charge in [-0.1, -0.05) is 0 Å². The lowest BCUT2D eigenvalue weighted by molar-refractivity contribution is -0.00347. The molecule has 0 atom stereocenters. The smallest absolute Gasteiger partial charge is 0.251 e. The summed E-state index contributed by atoms with van der Waals surface area (Å²) in [7, 11) is 0. The average Bonchev–Trinajstić information content (AvgIpc) is 2.15. The van der Waals surface area contributed by atoms with Gasteiger partial charge in [-0.05, 0) is 18.2 Å². The summed E-state index contributed by atoms with van der Waals surface area (Å²) < 4.78 is 30.2. The lowest BCUT2D eigenvalue weighted by Gasteiger charge is -2.26. The number of amides is 1. The molecular formula is C10H9F2NO2. The highest BCUT2D eigenvalue weighted by Gasteiger charge is 2.21. The molecule has 1 heterocycles. The Bertz CT molecular complexity index is 391. The van der Waals surface area contributed by atoms with Crippen molar-refractivity contribution in [2.45, 2.75) is 6.04 Å². The van der Waals surface area contributed by atoms with E-state index in [9.17, 15) is 13.6 Å². The summed E-state index contributed by atoms with van der Waals surface area (Å²) in [5.74, 6) is -2.40. The lowest BCUT2D eigenvalue weighted by atomic mass is 10.1. The summed E-state index contributed by atoms with van der Waals surface area (Å²) in [6.07, 6.45) is 0. The average molecular weight is 213 g/mol. The quantitative estimate of drug-likeness (QED) is 0.798. The third-order valence-corrected chi connectivity index (χ3v) is 2.16. The number of benzene rings is 1. The van der Waals surface area contributed by atoms with Gasteiger partial charge in [0, 0.05) is 5.56 Å². The Balaban J connectivity index is 2.07. The molecule has 1 saturated heterocycles. The van der Waals surface area contributed by atoms with Crippen molar-refractivity contribution in [1.82, 2.24) is 5.32 Å². The van der Waals surface area contributed by atoms with Crippen LogP contribution in [0.5, 0.6) is 0 Å². The summed E-state index contributed by atoms with van der Waals surface area (Å²) in [6.45, 7) is 0.935. The van der Waals surface area contributed by atoms with Crippen molar-refractivity contribution < 1.29 is 18.3 Å². The Kier molecular flexibility index (Phi) is 2.64. The van der Waals surface area contributed by atoms with Crippen LogP contribution in [-0.2, 0) is 4.74 Å². The Morgan fingerprint density at radius 2 is 2.07 bits per heavy atom. The number of carbonyl (C=O) groups is 1. The van der Waals surface area contributed by atoms with Crippen LogP contribution in [-0.4, -0.2) is 25.2 Å². The van der Waals surface area contributed by atoms with Gasteiger partial charge in [0.1, 0.15) is 0 Å². The van der Waals surface area contributed by atoms with Crippen molar-refractivity contribution in [1.29, 1.82) is 0 Å². The molecule has 0 aliphatic carbocycles. The Morgan fingerprint density at radius 3 is 2.60 bits per heavy atom. The van der Waals surface area contributed by atoms with E-state index in [2.05, 4.69) is 5.32 Å². The van der Waals surface area contributed by atoms with Gasteiger partial charge in [-0.3, -0.25) is 4.79 Å². The zero-order chi connectivity index (χ0) is 10.8. The standard InChI is InChI=1S/C10H9F2NO2/c11-8-2-1-6(3-9(8)12)10(14)13-7-4-15-5-7/h1-3,7H,4-5H2,(H,13,14). The maximum Gasteiger partial charge on any atom is 0.251 e. The molecule has 0 bridgehead atoms. The number of halogens is 2. The normalized spacial score (nSPS) is 15.9. The van der Waals surface area contributed by atoms with Crippen LogP contribution < -0.4 is 5.32 Å². The van der Waals surface area contributed by atoms with Crippen molar-refractivity contribution in [3.05, 3.63) is 35.4 Å². The van der Waals surface area contributed by atoms with E-state index in [4.69, 9.17) is 4.74 Å². The summed E-state index contributed by atoms with van der Waals surface area (Å²) in [5.41, 5.74) is 0.112. The molecule has 0 spiro atoms. The minimum absolute atomic E-state index is 0.0226. The van der Waals surface area contributed by atoms with Crippen molar-refractivity contribution in [3.8, 4) is 0 Å². The third kappa shape index (κ3) is 2.12. The second kappa shape index (κ2) is 3.94. The summed E-state index contributed by atoms with van der Waals surface area (Å²) >= 11 is 0. The van der Waals surface area contributed by atoms with Crippen LogP contribution in [0.3, 0.4) is 0 Å². The fourth-order valence-electron chi connectivity index (χ4n) is 1.23. The number of rotatable bonds is 2. The first-order valence-electron chi connectivity index (χ1n) is 4.50. The van der Waals surface area contributed by atoms with Gasteiger partial charge in [0.15, 0.2) is 11.6 Å². The molecule has 1 amide bonds. The molecule has 3 nitrogen and oxygen atoms in total. The molecule has 15 heavy (non-hydrogen) atoms. The molecular weight excluding hydrogens is 204 g/mol. The van der Waals surface area contributed by atoms with Gasteiger partial charge < -0.3 is 10.1 Å². The van der Waals surface area contributed by atoms with Crippen molar-refractivity contribution in [3.63, 3.8) is 0 Å². The van der Waals surface area contributed by atoms with E-state index in [1.807, 2.05) is 0 Å². The van der Waals surface area contributed by atoms with Crippen molar-refractivity contribution in [2.75, 3.05) is 13.2 Å². The molecule has 0 unspecified atom stereocenters. The van der Waals surface area contributed by atoms with Crippen LogP contribution >= 0.6 is 0 Å². The second-order valence-corrected chi connectivity index (χ2v) is 3.34. The molecule has 0 saturated carbocycles. The second-order valence-electron chi connectivity index (χ2n) is 3.34. The van der Waals surface area contributed by atoms with Gasteiger partial charge in [-0.15, -0.1) is 0 Å². The summed E-state index contributed by atoms with van der Waals surface area (Å²) in [6, 6.07) is 3.03. The predicted octanol–water partition coefficient (Wildman–Crippen LogP) is 1.09. The number of hydrogen-bond donors (Lipinski definition) is 1. The highest BCUT2D eigenvalue weighted by molar-refractivity contribution is 5.94. The zero-order valence-corrected chi connectivity index (χ0v) is 7.80. The van der Waals surface area contributed by atoms with E-state index in [1.54, 1.807) is 0 Å². The molecule has 0 aromatic heterocycles. The van der Waals surface area contributed by atoms with E-state index in [-0.39, 0.29) is 11.6 Å². The van der Waals surface area contributed by atoms with E-state index in [1.165, 1.54) is 6.07 Å². The van der Waals surface area contributed by atoms with Crippen LogP contribution in [0.2, 0.25) is 0 Å². The fraction of sp³-hybridized carbons (Fsp3) is 0.300. The summed E-state index contributed by atoms with van der Waals surface area (Å²) in [5, 5.41) is 2.63. The molecule has 1 aliphatic heterocycles. The molecule has 1 N–H and O–H groups in total. The Labute approximate surface area is 85.0 Å². The lowest BCUT2D eigenvalue weighted by Crippen LogP contribution is -2.48. The van der Waals surface area contributed by atoms with Crippen LogP contribution in [0, 0.1) is 11.6 Å².